The molecule has 2 aliphatic rings. The van der Waals surface area contributed by atoms with E-state index < -0.39 is 17.1 Å². The molecule has 2 fully saturated rings. The summed E-state index contributed by atoms with van der Waals surface area (Å²) >= 11 is 0. The fourth-order valence-electron chi connectivity index (χ4n) is 4.68. The molecule has 3 rings (SSSR count). The number of nitrogens with zero attached hydrogens (tertiary/aromatic N) is 2. The first-order valence-electron chi connectivity index (χ1n) is 11.5. The zero-order valence-electron chi connectivity index (χ0n) is 19.9. The second-order valence-electron chi connectivity index (χ2n) is 10.3. The predicted octanol–water partition coefficient (Wildman–Crippen LogP) is 4.00. The van der Waals surface area contributed by atoms with Crippen molar-refractivity contribution in [2.24, 2.45) is 11.3 Å². The molecule has 2 saturated heterocycles. The van der Waals surface area contributed by atoms with Gasteiger partial charge in [0.2, 0.25) is 5.91 Å². The summed E-state index contributed by atoms with van der Waals surface area (Å²) in [6, 6.07) is 8.88. The van der Waals surface area contributed by atoms with Crippen molar-refractivity contribution in [2.75, 3.05) is 19.6 Å². The van der Waals surface area contributed by atoms with Crippen LogP contribution in [0.25, 0.3) is 0 Å². The average molecular weight is 445 g/mol. The second-order valence-corrected chi connectivity index (χ2v) is 10.3. The lowest BCUT2D eigenvalue weighted by molar-refractivity contribution is -0.159. The molecule has 0 bridgehead atoms. The molecule has 0 aliphatic carbocycles. The van der Waals surface area contributed by atoms with Crippen molar-refractivity contribution in [3.05, 3.63) is 35.9 Å². The van der Waals surface area contributed by atoms with Crippen LogP contribution in [0, 0.1) is 11.3 Å². The van der Waals surface area contributed by atoms with Crippen LogP contribution in [0.15, 0.2) is 30.3 Å². The Morgan fingerprint density at radius 1 is 1.09 bits per heavy atom. The van der Waals surface area contributed by atoms with Gasteiger partial charge < -0.3 is 19.3 Å². The van der Waals surface area contributed by atoms with Gasteiger partial charge in [0.15, 0.2) is 0 Å². The van der Waals surface area contributed by atoms with Crippen molar-refractivity contribution < 1.29 is 23.9 Å². The van der Waals surface area contributed by atoms with Gasteiger partial charge in [-0.2, -0.15) is 0 Å². The van der Waals surface area contributed by atoms with Crippen LogP contribution in [0.5, 0.6) is 0 Å². The molecule has 2 atom stereocenters. The lowest BCUT2D eigenvalue weighted by atomic mass is 9.78. The van der Waals surface area contributed by atoms with Crippen LogP contribution in [0.3, 0.4) is 0 Å². The number of likely N-dealkylation sites (tertiary alicyclic amines) is 2. The zero-order chi connectivity index (χ0) is 23.5. The van der Waals surface area contributed by atoms with Gasteiger partial charge in [-0.3, -0.25) is 4.79 Å². The second kappa shape index (κ2) is 9.51. The van der Waals surface area contributed by atoms with Crippen LogP contribution >= 0.6 is 0 Å². The minimum absolute atomic E-state index is 0.0545. The molecule has 2 heterocycles. The Morgan fingerprint density at radius 3 is 2.41 bits per heavy atom. The van der Waals surface area contributed by atoms with Gasteiger partial charge in [-0.05, 0) is 51.5 Å². The van der Waals surface area contributed by atoms with E-state index in [0.29, 0.717) is 32.5 Å². The standard InChI is InChI=1S/C25H36N2O5/c1-18(2)20(21(28)31-16-19-10-7-6-8-11-19)27-15-13-25(22(27)29)12-9-14-26(17-25)23(30)32-24(3,4)5/h6-8,10-11,18,20H,9,12-17H2,1-5H3/t20?,25-/m0/s1. The molecule has 2 aliphatic heterocycles. The molecule has 7 nitrogen and oxygen atoms in total. The van der Waals surface area contributed by atoms with Crippen LogP contribution in [0.4, 0.5) is 4.79 Å². The van der Waals surface area contributed by atoms with Gasteiger partial charge in [0, 0.05) is 19.6 Å². The van der Waals surface area contributed by atoms with Crippen molar-refractivity contribution in [1.29, 1.82) is 0 Å². The summed E-state index contributed by atoms with van der Waals surface area (Å²) in [7, 11) is 0. The van der Waals surface area contributed by atoms with Crippen LogP contribution in [0.1, 0.15) is 59.4 Å². The summed E-state index contributed by atoms with van der Waals surface area (Å²) in [6.45, 7) is 11.0. The number of rotatable bonds is 5. The van der Waals surface area contributed by atoms with E-state index in [1.165, 1.54) is 0 Å². The van der Waals surface area contributed by atoms with Gasteiger partial charge in [0.1, 0.15) is 18.2 Å². The predicted molar refractivity (Wildman–Crippen MR) is 121 cm³/mol. The Labute approximate surface area is 191 Å². The number of carbonyl (C=O) groups excluding carboxylic acids is 3. The lowest BCUT2D eigenvalue weighted by Gasteiger charge is -2.40. The number of esters is 1. The van der Waals surface area contributed by atoms with Crippen LogP contribution in [-0.4, -0.2) is 59.0 Å². The topological polar surface area (TPSA) is 76.2 Å². The van der Waals surface area contributed by atoms with E-state index in [1.54, 1.807) is 9.80 Å². The average Bonchev–Trinajstić information content (AvgIpc) is 3.01. The Hall–Kier alpha value is -2.57. The molecule has 32 heavy (non-hydrogen) atoms. The number of amides is 2. The molecule has 0 radical (unpaired) electrons. The number of carbonyl (C=O) groups is 3. The first kappa shape index (κ1) is 24.1. The Kier molecular flexibility index (Phi) is 7.16. The molecule has 2 amide bonds. The van der Waals surface area contributed by atoms with Crippen molar-refractivity contribution in [3.8, 4) is 0 Å². The highest BCUT2D eigenvalue weighted by atomic mass is 16.6. The maximum atomic E-state index is 13.6. The van der Waals surface area contributed by atoms with E-state index in [0.717, 1.165) is 12.0 Å². The van der Waals surface area contributed by atoms with Crippen molar-refractivity contribution in [1.82, 2.24) is 9.80 Å². The van der Waals surface area contributed by atoms with E-state index in [2.05, 4.69) is 0 Å². The van der Waals surface area contributed by atoms with Crippen LogP contribution in [-0.2, 0) is 25.7 Å². The van der Waals surface area contributed by atoms with Crippen LogP contribution < -0.4 is 0 Å². The maximum absolute atomic E-state index is 13.6. The largest absolute Gasteiger partial charge is 0.459 e. The van der Waals surface area contributed by atoms with E-state index in [1.807, 2.05) is 65.0 Å². The number of hydrogen-bond acceptors (Lipinski definition) is 5. The first-order chi connectivity index (χ1) is 15.0. The molecule has 0 N–H and O–H groups in total. The monoisotopic (exact) mass is 444 g/mol. The molecule has 0 saturated carbocycles. The van der Waals surface area contributed by atoms with E-state index in [4.69, 9.17) is 9.47 Å². The van der Waals surface area contributed by atoms with Crippen molar-refractivity contribution in [2.45, 2.75) is 72.1 Å². The highest BCUT2D eigenvalue weighted by Crippen LogP contribution is 2.42. The van der Waals surface area contributed by atoms with Gasteiger partial charge in [-0.15, -0.1) is 0 Å². The van der Waals surface area contributed by atoms with E-state index in [9.17, 15) is 14.4 Å². The fourth-order valence-corrected chi connectivity index (χ4v) is 4.68. The van der Waals surface area contributed by atoms with Gasteiger partial charge in [0.25, 0.3) is 0 Å². The van der Waals surface area contributed by atoms with Gasteiger partial charge in [-0.25, -0.2) is 9.59 Å². The molecule has 0 aromatic heterocycles. The minimum Gasteiger partial charge on any atom is -0.459 e. The number of ether oxygens (including phenoxy) is 2. The van der Waals surface area contributed by atoms with Crippen molar-refractivity contribution >= 4 is 18.0 Å². The lowest BCUT2D eigenvalue weighted by Crippen LogP contribution is -2.53. The molecule has 176 valence electrons. The molecule has 1 aromatic carbocycles. The summed E-state index contributed by atoms with van der Waals surface area (Å²) in [4.78, 5) is 42.5. The third-order valence-electron chi connectivity index (χ3n) is 6.21. The van der Waals surface area contributed by atoms with Gasteiger partial charge >= 0.3 is 12.1 Å². The molecule has 7 heteroatoms. The third kappa shape index (κ3) is 5.43. The maximum Gasteiger partial charge on any atom is 0.410 e. The normalized spacial score (nSPS) is 22.4. The van der Waals surface area contributed by atoms with Crippen molar-refractivity contribution in [3.63, 3.8) is 0 Å². The zero-order valence-corrected chi connectivity index (χ0v) is 19.9. The number of hydrogen-bond donors (Lipinski definition) is 0. The number of piperidine rings is 1. The molecule has 1 spiro atoms. The third-order valence-corrected chi connectivity index (χ3v) is 6.21. The highest BCUT2D eigenvalue weighted by molar-refractivity contribution is 5.90. The quantitative estimate of drug-likeness (QED) is 0.642. The summed E-state index contributed by atoms with van der Waals surface area (Å²) in [5.74, 6) is -0.516. The van der Waals surface area contributed by atoms with Gasteiger partial charge in [-0.1, -0.05) is 44.2 Å². The minimum atomic E-state index is -0.651. The first-order valence-corrected chi connectivity index (χ1v) is 11.5. The Bertz CT molecular complexity index is 832. The molecule has 1 unspecified atom stereocenters. The van der Waals surface area contributed by atoms with Crippen LogP contribution in [0.2, 0.25) is 0 Å². The Balaban J connectivity index is 1.69. The highest BCUT2D eigenvalue weighted by Gasteiger charge is 2.53. The number of benzene rings is 1. The molecular weight excluding hydrogens is 408 g/mol. The summed E-state index contributed by atoms with van der Waals surface area (Å²) < 4.78 is 11.1. The summed E-state index contributed by atoms with van der Waals surface area (Å²) in [5, 5.41) is 0. The smallest absolute Gasteiger partial charge is 0.410 e. The Morgan fingerprint density at radius 2 is 1.78 bits per heavy atom. The van der Waals surface area contributed by atoms with Gasteiger partial charge in [0.05, 0.1) is 5.41 Å². The molecule has 1 aromatic rings. The van der Waals surface area contributed by atoms with E-state index >= 15 is 0 Å². The van der Waals surface area contributed by atoms with E-state index in [-0.39, 0.29) is 30.5 Å². The summed E-state index contributed by atoms with van der Waals surface area (Å²) in [5.41, 5.74) is -0.325. The fraction of sp³-hybridized carbons (Fsp3) is 0.640. The molecular formula is C25H36N2O5. The summed E-state index contributed by atoms with van der Waals surface area (Å²) in [6.07, 6.45) is 1.70. The SMILES string of the molecule is CC(C)C(C(=O)OCc1ccccc1)N1CC[C@]2(CCCN(C(=O)OC(C)(C)C)C2)C1=O.